The number of rotatable bonds is 7. The van der Waals surface area contributed by atoms with Crippen LogP contribution in [0.1, 0.15) is 19.8 Å². The SMILES string of the molecule is CCCCOC(=O)C(F)(F)C(F)(F)C(F)(F)C(F)(F)C(F)(F)F. The standard InChI is InChI=1S/C10H9F11O2/c1-2-3-4-23-5(22)6(11,12)7(13,14)8(15,16)9(17,18)10(19,20)21/h2-4H2,1H3. The molecule has 0 aliphatic rings. The van der Waals surface area contributed by atoms with Crippen molar-refractivity contribution in [1.29, 1.82) is 0 Å². The van der Waals surface area contributed by atoms with Crippen molar-refractivity contribution >= 4 is 5.97 Å². The van der Waals surface area contributed by atoms with Crippen LogP contribution in [0, 0.1) is 0 Å². The lowest BCUT2D eigenvalue weighted by atomic mass is 9.98. The molecule has 0 heterocycles. The minimum absolute atomic E-state index is 0.164. The molecule has 0 saturated carbocycles. The summed E-state index contributed by atoms with van der Waals surface area (Å²) in [4.78, 5) is 10.7. The normalized spacial score (nSPS) is 14.8. The number of hydrogen-bond donors (Lipinski definition) is 0. The molecule has 0 N–H and O–H groups in total. The molecule has 0 aliphatic carbocycles. The van der Waals surface area contributed by atoms with Crippen molar-refractivity contribution in [2.24, 2.45) is 0 Å². The Bertz CT molecular complexity index is 427. The van der Waals surface area contributed by atoms with Gasteiger partial charge in [0.1, 0.15) is 0 Å². The van der Waals surface area contributed by atoms with Gasteiger partial charge in [0.25, 0.3) is 0 Å². The molecule has 0 aliphatic heterocycles. The summed E-state index contributed by atoms with van der Waals surface area (Å²) in [5.74, 6) is -32.4. The maximum Gasteiger partial charge on any atom is 0.460 e. The van der Waals surface area contributed by atoms with Crippen LogP contribution in [-0.2, 0) is 9.53 Å². The average molecular weight is 370 g/mol. The van der Waals surface area contributed by atoms with E-state index in [1.807, 2.05) is 0 Å². The summed E-state index contributed by atoms with van der Waals surface area (Å²) in [7, 11) is 0. The van der Waals surface area contributed by atoms with Crippen LogP contribution in [-0.4, -0.2) is 42.4 Å². The molecule has 0 radical (unpaired) electrons. The summed E-state index contributed by atoms with van der Waals surface area (Å²) in [5.41, 5.74) is 0. The highest BCUT2D eigenvalue weighted by atomic mass is 19.4. The average Bonchev–Trinajstić information content (AvgIpc) is 2.36. The van der Waals surface area contributed by atoms with Crippen molar-refractivity contribution < 1.29 is 57.8 Å². The quantitative estimate of drug-likeness (QED) is 0.377. The zero-order valence-electron chi connectivity index (χ0n) is 11.1. The molecule has 0 unspecified atom stereocenters. The number of ether oxygens (including phenoxy) is 1. The van der Waals surface area contributed by atoms with Crippen LogP contribution in [0.25, 0.3) is 0 Å². The second-order valence-corrected chi connectivity index (χ2v) is 4.28. The molecule has 13 heteroatoms. The summed E-state index contributed by atoms with van der Waals surface area (Å²) < 4.78 is 141. The Labute approximate surface area is 121 Å². The molecule has 0 aromatic carbocycles. The first-order valence-corrected chi connectivity index (χ1v) is 5.73. The van der Waals surface area contributed by atoms with Gasteiger partial charge in [-0.15, -0.1) is 0 Å². The summed E-state index contributed by atoms with van der Waals surface area (Å²) in [6.45, 7) is 0.487. The predicted octanol–water partition coefficient (Wildman–Crippen LogP) is 4.43. The lowest BCUT2D eigenvalue weighted by molar-refractivity contribution is -0.418. The molecule has 0 bridgehead atoms. The van der Waals surface area contributed by atoms with Gasteiger partial charge >= 0.3 is 35.8 Å². The van der Waals surface area contributed by atoms with E-state index < -0.39 is 42.4 Å². The van der Waals surface area contributed by atoms with Crippen molar-refractivity contribution in [3.05, 3.63) is 0 Å². The summed E-state index contributed by atoms with van der Waals surface area (Å²) in [6.07, 6.45) is -7.23. The molecule has 0 atom stereocenters. The Kier molecular flexibility index (Phi) is 5.95. The number of carbonyl (C=O) groups is 1. The van der Waals surface area contributed by atoms with E-state index in [-0.39, 0.29) is 12.8 Å². The zero-order valence-corrected chi connectivity index (χ0v) is 11.1. The summed E-state index contributed by atoms with van der Waals surface area (Å²) >= 11 is 0. The Hall–Kier alpha value is -1.30. The minimum atomic E-state index is -7.61. The highest BCUT2D eigenvalue weighted by Gasteiger charge is 2.88. The van der Waals surface area contributed by atoms with Gasteiger partial charge in [-0.25, -0.2) is 4.79 Å². The molecule has 0 fully saturated rings. The molecule has 0 spiro atoms. The van der Waals surface area contributed by atoms with Gasteiger partial charge in [-0.05, 0) is 6.42 Å². The summed E-state index contributed by atoms with van der Waals surface area (Å²) in [5, 5.41) is 0. The van der Waals surface area contributed by atoms with Gasteiger partial charge in [0.2, 0.25) is 0 Å². The number of carbonyl (C=O) groups excluding carboxylic acids is 1. The first kappa shape index (κ1) is 21.7. The second kappa shape index (κ2) is 6.30. The van der Waals surface area contributed by atoms with Gasteiger partial charge in [0, 0.05) is 0 Å². The van der Waals surface area contributed by atoms with E-state index in [1.165, 1.54) is 6.92 Å². The topological polar surface area (TPSA) is 26.3 Å². The predicted molar refractivity (Wildman–Crippen MR) is 51.7 cm³/mol. The third-order valence-corrected chi connectivity index (χ3v) is 2.53. The Morgan fingerprint density at radius 3 is 1.57 bits per heavy atom. The number of unbranched alkanes of at least 4 members (excludes halogenated alkanes) is 1. The van der Waals surface area contributed by atoms with E-state index in [0.717, 1.165) is 0 Å². The summed E-state index contributed by atoms with van der Waals surface area (Å²) in [6, 6.07) is 0. The van der Waals surface area contributed by atoms with Crippen molar-refractivity contribution in [2.45, 2.75) is 49.6 Å². The third kappa shape index (κ3) is 3.47. The maximum atomic E-state index is 13.0. The Morgan fingerprint density at radius 1 is 0.783 bits per heavy atom. The molecule has 23 heavy (non-hydrogen) atoms. The first-order valence-electron chi connectivity index (χ1n) is 5.73. The Balaban J connectivity index is 5.71. The zero-order chi connectivity index (χ0) is 18.9. The van der Waals surface area contributed by atoms with E-state index in [4.69, 9.17) is 0 Å². The van der Waals surface area contributed by atoms with Crippen LogP contribution in [0.2, 0.25) is 0 Å². The minimum Gasteiger partial charge on any atom is -0.461 e. The van der Waals surface area contributed by atoms with Crippen molar-refractivity contribution in [3.8, 4) is 0 Å². The molecular formula is C10H9F11O2. The molecule has 0 aromatic heterocycles. The fraction of sp³-hybridized carbons (Fsp3) is 0.900. The van der Waals surface area contributed by atoms with Crippen molar-refractivity contribution in [1.82, 2.24) is 0 Å². The lowest BCUT2D eigenvalue weighted by Crippen LogP contribution is -2.68. The maximum absolute atomic E-state index is 13.0. The van der Waals surface area contributed by atoms with Gasteiger partial charge in [0.05, 0.1) is 6.61 Å². The van der Waals surface area contributed by atoms with E-state index in [0.29, 0.717) is 0 Å². The number of halogens is 11. The van der Waals surface area contributed by atoms with Gasteiger partial charge in [-0.1, -0.05) is 13.3 Å². The molecule has 138 valence electrons. The van der Waals surface area contributed by atoms with E-state index >= 15 is 0 Å². The molecule has 2 nitrogen and oxygen atoms in total. The highest BCUT2D eigenvalue weighted by Crippen LogP contribution is 2.57. The molecule has 0 rings (SSSR count). The van der Waals surface area contributed by atoms with Crippen LogP contribution in [0.3, 0.4) is 0 Å². The van der Waals surface area contributed by atoms with Crippen LogP contribution >= 0.6 is 0 Å². The van der Waals surface area contributed by atoms with E-state index in [9.17, 15) is 53.1 Å². The largest absolute Gasteiger partial charge is 0.461 e. The molecule has 0 saturated heterocycles. The van der Waals surface area contributed by atoms with Gasteiger partial charge < -0.3 is 4.74 Å². The number of alkyl halides is 11. The fourth-order valence-electron chi connectivity index (χ4n) is 1.10. The van der Waals surface area contributed by atoms with Crippen LogP contribution in [0.4, 0.5) is 48.3 Å². The second-order valence-electron chi connectivity index (χ2n) is 4.28. The lowest BCUT2D eigenvalue weighted by Gasteiger charge is -2.36. The fourth-order valence-corrected chi connectivity index (χ4v) is 1.10. The van der Waals surface area contributed by atoms with Gasteiger partial charge in [-0.2, -0.15) is 48.3 Å². The van der Waals surface area contributed by atoms with E-state index in [1.54, 1.807) is 0 Å². The molecule has 0 amide bonds. The number of hydrogen-bond acceptors (Lipinski definition) is 2. The van der Waals surface area contributed by atoms with Crippen molar-refractivity contribution in [3.63, 3.8) is 0 Å². The van der Waals surface area contributed by atoms with Crippen molar-refractivity contribution in [2.75, 3.05) is 6.61 Å². The first-order chi connectivity index (χ1) is 9.98. The van der Waals surface area contributed by atoms with Gasteiger partial charge in [0.15, 0.2) is 0 Å². The van der Waals surface area contributed by atoms with Crippen LogP contribution < -0.4 is 0 Å². The van der Waals surface area contributed by atoms with E-state index in [2.05, 4.69) is 4.74 Å². The van der Waals surface area contributed by atoms with Crippen LogP contribution in [0.5, 0.6) is 0 Å². The third-order valence-electron chi connectivity index (χ3n) is 2.53. The van der Waals surface area contributed by atoms with Crippen LogP contribution in [0.15, 0.2) is 0 Å². The van der Waals surface area contributed by atoms with Gasteiger partial charge in [-0.3, -0.25) is 0 Å². The number of esters is 1. The molecule has 0 aromatic rings. The smallest absolute Gasteiger partial charge is 0.460 e. The highest BCUT2D eigenvalue weighted by molar-refractivity contribution is 5.79. The Morgan fingerprint density at radius 2 is 1.22 bits per heavy atom. The monoisotopic (exact) mass is 370 g/mol. The molecular weight excluding hydrogens is 361 g/mol.